The van der Waals surface area contributed by atoms with E-state index in [1.54, 1.807) is 11.3 Å². The van der Waals surface area contributed by atoms with Gasteiger partial charge in [-0.3, -0.25) is 4.79 Å². The predicted molar refractivity (Wildman–Crippen MR) is 76.2 cm³/mol. The Labute approximate surface area is 125 Å². The van der Waals surface area contributed by atoms with Crippen LogP contribution in [-0.4, -0.2) is 26.2 Å². The van der Waals surface area contributed by atoms with E-state index in [-0.39, 0.29) is 5.92 Å². The molecule has 0 radical (unpaired) electrons. The molecule has 1 aliphatic carbocycles. The van der Waals surface area contributed by atoms with Crippen LogP contribution in [0.15, 0.2) is 22.1 Å². The van der Waals surface area contributed by atoms with Crippen LogP contribution in [0.25, 0.3) is 0 Å². The number of hydrogen-bond acceptors (Lipinski definition) is 6. The minimum atomic E-state index is -0.820. The average Bonchev–Trinajstić information content (AvgIpc) is 3.08. The van der Waals surface area contributed by atoms with Crippen molar-refractivity contribution in [2.45, 2.75) is 32.1 Å². The third-order valence-corrected chi connectivity index (χ3v) is 4.38. The minimum absolute atomic E-state index is 0.245. The SMILES string of the molecule is Cc1nc(Cc2noc([C@@H]3CC=CC[C@@H]3C(=O)O)n2)cs1. The van der Waals surface area contributed by atoms with Gasteiger partial charge in [0.2, 0.25) is 5.89 Å². The fourth-order valence-corrected chi connectivity index (χ4v) is 3.11. The van der Waals surface area contributed by atoms with Crippen LogP contribution < -0.4 is 0 Å². The zero-order chi connectivity index (χ0) is 14.8. The first kappa shape index (κ1) is 13.9. The summed E-state index contributed by atoms with van der Waals surface area (Å²) in [4.78, 5) is 20.0. The molecule has 1 N–H and O–H groups in total. The third-order valence-electron chi connectivity index (χ3n) is 3.56. The number of hydrogen-bond donors (Lipinski definition) is 1. The number of carbonyl (C=O) groups is 1. The molecule has 6 nitrogen and oxygen atoms in total. The minimum Gasteiger partial charge on any atom is -0.481 e. The largest absolute Gasteiger partial charge is 0.481 e. The molecule has 0 amide bonds. The lowest BCUT2D eigenvalue weighted by Crippen LogP contribution is -2.23. The van der Waals surface area contributed by atoms with E-state index in [9.17, 15) is 9.90 Å². The van der Waals surface area contributed by atoms with Gasteiger partial charge >= 0.3 is 5.97 Å². The smallest absolute Gasteiger partial charge is 0.307 e. The number of aliphatic carboxylic acids is 1. The van der Waals surface area contributed by atoms with Gasteiger partial charge in [0, 0.05) is 5.38 Å². The number of nitrogens with zero attached hydrogens (tertiary/aromatic N) is 3. The lowest BCUT2D eigenvalue weighted by molar-refractivity contribution is -0.142. The Morgan fingerprint density at radius 2 is 2.24 bits per heavy atom. The summed E-state index contributed by atoms with van der Waals surface area (Å²) < 4.78 is 5.28. The first-order valence-corrected chi connectivity index (χ1v) is 7.62. The maximum absolute atomic E-state index is 11.3. The van der Waals surface area contributed by atoms with Crippen molar-refractivity contribution < 1.29 is 14.4 Å². The Kier molecular flexibility index (Phi) is 3.83. The maximum Gasteiger partial charge on any atom is 0.307 e. The van der Waals surface area contributed by atoms with Gasteiger partial charge in [-0.2, -0.15) is 4.98 Å². The zero-order valence-electron chi connectivity index (χ0n) is 11.5. The summed E-state index contributed by atoms with van der Waals surface area (Å²) in [6.07, 6.45) is 5.49. The second kappa shape index (κ2) is 5.77. The van der Waals surface area contributed by atoms with Crippen molar-refractivity contribution in [3.63, 3.8) is 0 Å². The van der Waals surface area contributed by atoms with E-state index < -0.39 is 11.9 Å². The molecule has 7 heteroatoms. The fourth-order valence-electron chi connectivity index (χ4n) is 2.50. The molecule has 0 saturated carbocycles. The topological polar surface area (TPSA) is 89.1 Å². The molecule has 0 aliphatic heterocycles. The summed E-state index contributed by atoms with van der Waals surface area (Å²) in [7, 11) is 0. The highest BCUT2D eigenvalue weighted by Gasteiger charge is 2.33. The molecule has 3 rings (SSSR count). The molecule has 0 aromatic carbocycles. The van der Waals surface area contributed by atoms with Crippen LogP contribution in [-0.2, 0) is 11.2 Å². The molecule has 2 heterocycles. The van der Waals surface area contributed by atoms with Gasteiger partial charge in [-0.05, 0) is 19.8 Å². The third kappa shape index (κ3) is 3.02. The zero-order valence-corrected chi connectivity index (χ0v) is 12.3. The number of thiazole rings is 1. The van der Waals surface area contributed by atoms with Gasteiger partial charge in [-0.1, -0.05) is 17.3 Å². The van der Waals surface area contributed by atoms with Gasteiger partial charge in [-0.15, -0.1) is 11.3 Å². The summed E-state index contributed by atoms with van der Waals surface area (Å²) in [6.45, 7) is 1.95. The number of carboxylic acids is 1. The monoisotopic (exact) mass is 305 g/mol. The van der Waals surface area contributed by atoms with E-state index in [2.05, 4.69) is 15.1 Å². The molecule has 0 saturated heterocycles. The maximum atomic E-state index is 11.3. The van der Waals surface area contributed by atoms with Crippen molar-refractivity contribution in [3.05, 3.63) is 39.9 Å². The van der Waals surface area contributed by atoms with Gasteiger partial charge in [0.25, 0.3) is 0 Å². The molecule has 0 unspecified atom stereocenters. The van der Waals surface area contributed by atoms with E-state index in [4.69, 9.17) is 4.52 Å². The number of allylic oxidation sites excluding steroid dienone is 2. The summed E-state index contributed by atoms with van der Waals surface area (Å²) >= 11 is 1.58. The van der Waals surface area contributed by atoms with Gasteiger partial charge in [0.1, 0.15) is 0 Å². The van der Waals surface area contributed by atoms with Crippen LogP contribution in [0.3, 0.4) is 0 Å². The van der Waals surface area contributed by atoms with E-state index in [0.29, 0.717) is 31.0 Å². The molecule has 2 aromatic heterocycles. The van der Waals surface area contributed by atoms with Crippen molar-refractivity contribution in [2.75, 3.05) is 0 Å². The van der Waals surface area contributed by atoms with E-state index >= 15 is 0 Å². The van der Waals surface area contributed by atoms with Crippen molar-refractivity contribution in [1.29, 1.82) is 0 Å². The van der Waals surface area contributed by atoms with E-state index in [1.807, 2.05) is 24.5 Å². The molecule has 0 spiro atoms. The van der Waals surface area contributed by atoms with Crippen LogP contribution in [0.2, 0.25) is 0 Å². The Morgan fingerprint density at radius 1 is 1.43 bits per heavy atom. The Balaban J connectivity index is 1.77. The van der Waals surface area contributed by atoms with Gasteiger partial charge in [-0.25, -0.2) is 4.98 Å². The summed E-state index contributed by atoms with van der Waals surface area (Å²) in [5.74, 6) is -0.599. The van der Waals surface area contributed by atoms with Crippen molar-refractivity contribution in [1.82, 2.24) is 15.1 Å². The van der Waals surface area contributed by atoms with Crippen LogP contribution in [0.4, 0.5) is 0 Å². The molecule has 21 heavy (non-hydrogen) atoms. The number of aryl methyl sites for hydroxylation is 1. The van der Waals surface area contributed by atoms with Crippen LogP contribution in [0.5, 0.6) is 0 Å². The highest BCUT2D eigenvalue weighted by atomic mass is 32.1. The van der Waals surface area contributed by atoms with Gasteiger partial charge < -0.3 is 9.63 Å². The van der Waals surface area contributed by atoms with Crippen LogP contribution >= 0.6 is 11.3 Å². The van der Waals surface area contributed by atoms with E-state index in [1.165, 1.54) is 0 Å². The fraction of sp³-hybridized carbons (Fsp3) is 0.429. The predicted octanol–water partition coefficient (Wildman–Crippen LogP) is 2.56. The molecular weight excluding hydrogens is 290 g/mol. The van der Waals surface area contributed by atoms with Crippen molar-refractivity contribution in [2.24, 2.45) is 5.92 Å². The van der Waals surface area contributed by atoms with Crippen LogP contribution in [0, 0.1) is 12.8 Å². The summed E-state index contributed by atoms with van der Waals surface area (Å²) in [5, 5.41) is 16.2. The summed E-state index contributed by atoms with van der Waals surface area (Å²) in [6, 6.07) is 0. The number of rotatable bonds is 4. The number of aromatic nitrogens is 3. The lowest BCUT2D eigenvalue weighted by Gasteiger charge is -2.21. The molecule has 0 bridgehead atoms. The molecule has 2 atom stereocenters. The molecule has 110 valence electrons. The number of carboxylic acid groups (broad SMARTS) is 1. The van der Waals surface area contributed by atoms with Crippen LogP contribution in [0.1, 0.15) is 41.2 Å². The molecule has 2 aromatic rings. The highest BCUT2D eigenvalue weighted by molar-refractivity contribution is 7.09. The van der Waals surface area contributed by atoms with Gasteiger partial charge in [0.05, 0.1) is 29.0 Å². The second-order valence-corrected chi connectivity index (χ2v) is 6.14. The normalized spacial score (nSPS) is 21.6. The second-order valence-electron chi connectivity index (χ2n) is 5.08. The standard InChI is InChI=1S/C14H15N3O3S/c1-8-15-9(7-21-8)6-12-16-13(20-17-12)10-4-2-3-5-11(10)14(18)19/h2-3,7,10-11H,4-6H2,1H3,(H,18,19)/t10-,11+/m1/s1. The first-order valence-electron chi connectivity index (χ1n) is 6.75. The Bertz CT molecular complexity index is 677. The van der Waals surface area contributed by atoms with Gasteiger partial charge in [0.15, 0.2) is 5.82 Å². The lowest BCUT2D eigenvalue weighted by atomic mass is 9.83. The molecule has 1 aliphatic rings. The quantitative estimate of drug-likeness (QED) is 0.873. The molecule has 0 fully saturated rings. The van der Waals surface area contributed by atoms with Crippen molar-refractivity contribution >= 4 is 17.3 Å². The Morgan fingerprint density at radius 3 is 2.95 bits per heavy atom. The first-order chi connectivity index (χ1) is 10.1. The Hall–Kier alpha value is -2.02. The van der Waals surface area contributed by atoms with Crippen molar-refractivity contribution in [3.8, 4) is 0 Å². The summed E-state index contributed by atoms with van der Waals surface area (Å²) in [5.41, 5.74) is 0.906. The average molecular weight is 305 g/mol. The van der Waals surface area contributed by atoms with E-state index in [0.717, 1.165) is 10.7 Å². The molecular formula is C14H15N3O3S. The highest BCUT2D eigenvalue weighted by Crippen LogP contribution is 2.33.